The molecule has 1 saturated heterocycles. The van der Waals surface area contributed by atoms with Crippen molar-refractivity contribution in [3.8, 4) is 0 Å². The van der Waals surface area contributed by atoms with Crippen LogP contribution in [-0.2, 0) is 31.2 Å². The van der Waals surface area contributed by atoms with E-state index in [4.69, 9.17) is 0 Å². The minimum absolute atomic E-state index is 0.233. The van der Waals surface area contributed by atoms with Crippen molar-refractivity contribution in [2.45, 2.75) is 44.8 Å². The fourth-order valence-corrected chi connectivity index (χ4v) is 3.94. The smallest absolute Gasteiger partial charge is 0.224 e. The third-order valence-corrected chi connectivity index (χ3v) is 5.52. The number of hydrogen-bond acceptors (Lipinski definition) is 3. The van der Waals surface area contributed by atoms with E-state index in [1.54, 1.807) is 0 Å². The van der Waals surface area contributed by atoms with Crippen LogP contribution in [0.5, 0.6) is 0 Å². The first-order chi connectivity index (χ1) is 11.6. The average Bonchev–Trinajstić information content (AvgIpc) is 3.24. The number of carbonyl (C=O) groups is 1. The Morgan fingerprint density at radius 3 is 2.54 bits per heavy atom. The van der Waals surface area contributed by atoms with Crippen molar-refractivity contribution in [2.75, 3.05) is 6.54 Å². The van der Waals surface area contributed by atoms with Gasteiger partial charge in [-0.05, 0) is 30.9 Å². The molecular formula is C19H24N4O. The van der Waals surface area contributed by atoms with Gasteiger partial charge in [-0.2, -0.15) is 0 Å². The highest BCUT2D eigenvalue weighted by molar-refractivity contribution is 5.79. The fourth-order valence-electron chi connectivity index (χ4n) is 3.94. The molecule has 126 valence electrons. The van der Waals surface area contributed by atoms with Gasteiger partial charge in [-0.25, -0.2) is 4.98 Å². The van der Waals surface area contributed by atoms with Crippen LogP contribution in [-0.4, -0.2) is 39.0 Å². The molecule has 1 amide bonds. The van der Waals surface area contributed by atoms with E-state index in [0.29, 0.717) is 12.5 Å². The largest absolute Gasteiger partial charge is 0.337 e. The number of nitrogens with one attached hydrogen (secondary N) is 1. The Kier molecular flexibility index (Phi) is 3.88. The van der Waals surface area contributed by atoms with E-state index in [1.165, 1.54) is 11.1 Å². The second-order valence-electron chi connectivity index (χ2n) is 7.01. The SMILES string of the molecule is Cc1ncc(CN[C@@H]2CC(=O)N(C3Cc4ccccc4C3)C2)n1C. The van der Waals surface area contributed by atoms with E-state index in [-0.39, 0.29) is 11.9 Å². The van der Waals surface area contributed by atoms with Gasteiger partial charge in [-0.15, -0.1) is 0 Å². The zero-order valence-corrected chi connectivity index (χ0v) is 14.3. The lowest BCUT2D eigenvalue weighted by Gasteiger charge is -2.24. The Labute approximate surface area is 142 Å². The molecule has 5 heteroatoms. The molecule has 1 aromatic heterocycles. The van der Waals surface area contributed by atoms with Gasteiger partial charge in [0.2, 0.25) is 5.91 Å². The zero-order valence-electron chi connectivity index (χ0n) is 14.3. The van der Waals surface area contributed by atoms with Crippen LogP contribution in [0.15, 0.2) is 30.5 Å². The molecule has 1 aliphatic heterocycles. The lowest BCUT2D eigenvalue weighted by molar-refractivity contribution is -0.129. The highest BCUT2D eigenvalue weighted by Gasteiger charge is 2.36. The summed E-state index contributed by atoms with van der Waals surface area (Å²) in [6, 6.07) is 9.13. The summed E-state index contributed by atoms with van der Waals surface area (Å²) in [5.41, 5.74) is 3.96. The lowest BCUT2D eigenvalue weighted by atomic mass is 10.1. The molecule has 0 spiro atoms. The van der Waals surface area contributed by atoms with Crippen molar-refractivity contribution in [3.63, 3.8) is 0 Å². The predicted molar refractivity (Wildman–Crippen MR) is 92.5 cm³/mol. The minimum Gasteiger partial charge on any atom is -0.337 e. The molecular weight excluding hydrogens is 300 g/mol. The van der Waals surface area contributed by atoms with E-state index in [1.807, 2.05) is 20.2 Å². The second kappa shape index (κ2) is 6.06. The van der Waals surface area contributed by atoms with Gasteiger partial charge in [0.15, 0.2) is 0 Å². The van der Waals surface area contributed by atoms with E-state index in [0.717, 1.165) is 37.4 Å². The van der Waals surface area contributed by atoms with Crippen LogP contribution in [0.1, 0.15) is 29.1 Å². The maximum absolute atomic E-state index is 12.5. The van der Waals surface area contributed by atoms with Crippen LogP contribution in [0, 0.1) is 6.92 Å². The summed E-state index contributed by atoms with van der Waals surface area (Å²) in [5.74, 6) is 1.30. The summed E-state index contributed by atoms with van der Waals surface area (Å²) >= 11 is 0. The Bertz CT molecular complexity index is 741. The van der Waals surface area contributed by atoms with Gasteiger partial charge in [0.25, 0.3) is 0 Å². The van der Waals surface area contributed by atoms with E-state index >= 15 is 0 Å². The first kappa shape index (κ1) is 15.4. The zero-order chi connectivity index (χ0) is 16.7. The molecule has 0 bridgehead atoms. The van der Waals surface area contributed by atoms with Gasteiger partial charge in [0, 0.05) is 44.8 Å². The molecule has 1 N–H and O–H groups in total. The number of aryl methyl sites for hydroxylation is 1. The molecule has 24 heavy (non-hydrogen) atoms. The Hall–Kier alpha value is -2.14. The Balaban J connectivity index is 1.37. The van der Waals surface area contributed by atoms with E-state index in [2.05, 4.69) is 44.0 Å². The fraction of sp³-hybridized carbons (Fsp3) is 0.474. The van der Waals surface area contributed by atoms with Crippen LogP contribution in [0.3, 0.4) is 0 Å². The number of hydrogen-bond donors (Lipinski definition) is 1. The number of amides is 1. The first-order valence-corrected chi connectivity index (χ1v) is 8.68. The molecule has 2 heterocycles. The number of carbonyl (C=O) groups excluding carboxylic acids is 1. The molecule has 1 aromatic carbocycles. The highest BCUT2D eigenvalue weighted by atomic mass is 16.2. The van der Waals surface area contributed by atoms with Crippen molar-refractivity contribution in [1.82, 2.24) is 19.8 Å². The van der Waals surface area contributed by atoms with Crippen molar-refractivity contribution >= 4 is 5.91 Å². The molecule has 0 saturated carbocycles. The standard InChI is InChI=1S/C19H24N4O/c1-13-20-10-18(22(13)2)11-21-16-9-19(24)23(12-16)17-7-14-5-3-4-6-15(14)8-17/h3-6,10,16-17,21H,7-9,11-12H2,1-2H3/t16-/m1/s1. The van der Waals surface area contributed by atoms with Crippen LogP contribution in [0.25, 0.3) is 0 Å². The summed E-state index contributed by atoms with van der Waals surface area (Å²) in [5, 5.41) is 3.53. The van der Waals surface area contributed by atoms with Crippen LogP contribution < -0.4 is 5.32 Å². The number of rotatable bonds is 4. The molecule has 1 atom stereocenters. The van der Waals surface area contributed by atoms with Crippen LogP contribution in [0.4, 0.5) is 0 Å². The van der Waals surface area contributed by atoms with Gasteiger partial charge >= 0.3 is 0 Å². The molecule has 1 aliphatic carbocycles. The molecule has 2 aromatic rings. The van der Waals surface area contributed by atoms with Crippen LogP contribution >= 0.6 is 0 Å². The van der Waals surface area contributed by atoms with Gasteiger partial charge in [-0.3, -0.25) is 4.79 Å². The third-order valence-electron chi connectivity index (χ3n) is 5.52. The van der Waals surface area contributed by atoms with Crippen molar-refractivity contribution in [2.24, 2.45) is 7.05 Å². The van der Waals surface area contributed by atoms with Gasteiger partial charge < -0.3 is 14.8 Å². The minimum atomic E-state index is 0.233. The number of aromatic nitrogens is 2. The Morgan fingerprint density at radius 2 is 1.92 bits per heavy atom. The second-order valence-corrected chi connectivity index (χ2v) is 7.01. The summed E-state index contributed by atoms with van der Waals surface area (Å²) in [7, 11) is 2.03. The average molecular weight is 324 g/mol. The summed E-state index contributed by atoms with van der Waals surface area (Å²) in [4.78, 5) is 18.9. The summed E-state index contributed by atoms with van der Waals surface area (Å²) < 4.78 is 2.09. The van der Waals surface area contributed by atoms with E-state index < -0.39 is 0 Å². The summed E-state index contributed by atoms with van der Waals surface area (Å²) in [6.07, 6.45) is 4.50. The molecule has 0 radical (unpaired) electrons. The quantitative estimate of drug-likeness (QED) is 0.929. The number of likely N-dealkylation sites (tertiary alicyclic amines) is 1. The van der Waals surface area contributed by atoms with Crippen molar-refractivity contribution in [1.29, 1.82) is 0 Å². The predicted octanol–water partition coefficient (Wildman–Crippen LogP) is 1.59. The molecule has 1 fully saturated rings. The molecule has 4 rings (SSSR count). The number of nitrogens with zero attached hydrogens (tertiary/aromatic N) is 3. The lowest BCUT2D eigenvalue weighted by Crippen LogP contribution is -2.39. The number of fused-ring (bicyclic) bond motifs is 1. The molecule has 2 aliphatic rings. The van der Waals surface area contributed by atoms with Gasteiger partial charge in [0.1, 0.15) is 5.82 Å². The maximum Gasteiger partial charge on any atom is 0.224 e. The normalized spacial score (nSPS) is 20.8. The Morgan fingerprint density at radius 1 is 1.21 bits per heavy atom. The highest BCUT2D eigenvalue weighted by Crippen LogP contribution is 2.28. The number of benzene rings is 1. The van der Waals surface area contributed by atoms with Gasteiger partial charge in [0.05, 0.1) is 5.69 Å². The van der Waals surface area contributed by atoms with E-state index in [9.17, 15) is 4.79 Å². The maximum atomic E-state index is 12.5. The third kappa shape index (κ3) is 2.73. The molecule has 5 nitrogen and oxygen atoms in total. The van der Waals surface area contributed by atoms with Crippen LogP contribution in [0.2, 0.25) is 0 Å². The topological polar surface area (TPSA) is 50.2 Å². The molecule has 0 unspecified atom stereocenters. The summed E-state index contributed by atoms with van der Waals surface area (Å²) in [6.45, 7) is 3.57. The van der Waals surface area contributed by atoms with Crippen molar-refractivity contribution < 1.29 is 4.79 Å². The number of imidazole rings is 1. The monoisotopic (exact) mass is 324 g/mol. The van der Waals surface area contributed by atoms with Gasteiger partial charge in [-0.1, -0.05) is 24.3 Å². The first-order valence-electron chi connectivity index (χ1n) is 8.68. The van der Waals surface area contributed by atoms with Crippen molar-refractivity contribution in [3.05, 3.63) is 53.1 Å².